The van der Waals surface area contributed by atoms with Gasteiger partial charge in [0.15, 0.2) is 5.69 Å². The van der Waals surface area contributed by atoms with E-state index in [-0.39, 0.29) is 20.4 Å². The third-order valence-corrected chi connectivity index (χ3v) is 7.72. The number of rotatable bonds is 4. The van der Waals surface area contributed by atoms with E-state index in [1.165, 1.54) is 21.5 Å². The Morgan fingerprint density at radius 1 is 0.702 bits per heavy atom. The minimum absolute atomic E-state index is 0. The average molecular weight is 695 g/mol. The molecule has 0 radical (unpaired) electrons. The van der Waals surface area contributed by atoms with Crippen LogP contribution in [-0.2, 0) is 20.4 Å². The molecule has 0 N–H and O–H groups in total. The summed E-state index contributed by atoms with van der Waals surface area (Å²) >= 11 is 0. The van der Waals surface area contributed by atoms with Crippen molar-refractivity contribution >= 4 is 50.8 Å². The second kappa shape index (κ2) is 13.9. The number of hydrogen-bond acceptors (Lipinski definition) is 3. The van der Waals surface area contributed by atoms with E-state index in [1.807, 2.05) is 54.6 Å². The zero-order chi connectivity index (χ0) is 31.3. The van der Waals surface area contributed by atoms with E-state index >= 15 is 0 Å². The number of hydrogen-bond donors (Lipinski definition) is 0. The van der Waals surface area contributed by atoms with Crippen LogP contribution in [0, 0.1) is 17.9 Å². The summed E-state index contributed by atoms with van der Waals surface area (Å²) < 4.78 is 0. The molecular formula is C40H24N6Pd. The van der Waals surface area contributed by atoms with E-state index in [1.54, 1.807) is 30.9 Å². The minimum Gasteiger partial charge on any atom is -0.674 e. The Morgan fingerprint density at radius 3 is 1.89 bits per heavy atom. The molecule has 0 saturated carbocycles. The second-order valence-corrected chi connectivity index (χ2v) is 10.6. The van der Waals surface area contributed by atoms with Crippen LogP contribution in [0.15, 0.2) is 161 Å². The van der Waals surface area contributed by atoms with Crippen LogP contribution in [0.5, 0.6) is 0 Å². The monoisotopic (exact) mass is 694 g/mol. The van der Waals surface area contributed by atoms with Gasteiger partial charge in [-0.1, -0.05) is 91.0 Å². The van der Waals surface area contributed by atoms with E-state index in [4.69, 9.17) is 11.8 Å². The van der Waals surface area contributed by atoms with Crippen LogP contribution in [0.2, 0.25) is 0 Å². The Morgan fingerprint density at radius 2 is 1.36 bits per heavy atom. The predicted octanol–water partition coefficient (Wildman–Crippen LogP) is 8.84. The zero-order valence-electron chi connectivity index (χ0n) is 24.9. The first-order valence-corrected chi connectivity index (χ1v) is 14.6. The Kier molecular flexibility index (Phi) is 9.14. The maximum Gasteiger partial charge on any atom is 2.00 e. The summed E-state index contributed by atoms with van der Waals surface area (Å²) in [5, 5.41) is 13.8. The van der Waals surface area contributed by atoms with Gasteiger partial charge in [0.25, 0.3) is 0 Å². The number of allylic oxidation sites excluding steroid dienone is 4. The van der Waals surface area contributed by atoms with Gasteiger partial charge in [-0.15, -0.1) is 11.4 Å². The fourth-order valence-corrected chi connectivity index (χ4v) is 5.55. The topological polar surface area (TPSA) is 81.1 Å². The molecule has 2 aliphatic heterocycles. The predicted molar refractivity (Wildman–Crippen MR) is 186 cm³/mol. The Bertz CT molecular complexity index is 2370. The van der Waals surface area contributed by atoms with Crippen LogP contribution in [0.25, 0.3) is 37.5 Å². The fraction of sp³-hybridized carbons (Fsp3) is 0. The van der Waals surface area contributed by atoms with Gasteiger partial charge in [-0.3, -0.25) is 9.98 Å². The molecule has 4 heterocycles. The molecule has 4 aromatic carbocycles. The molecule has 47 heavy (non-hydrogen) atoms. The average Bonchev–Trinajstić information content (AvgIpc) is 3.95. The number of benzene rings is 4. The maximum absolute atomic E-state index is 9.06. The number of nitriles is 1. The summed E-state index contributed by atoms with van der Waals surface area (Å²) in [6, 6.07) is 37.0. The van der Waals surface area contributed by atoms with Crippen LogP contribution in [0.4, 0.5) is 5.69 Å². The van der Waals surface area contributed by atoms with Crippen molar-refractivity contribution in [3.05, 3.63) is 185 Å². The van der Waals surface area contributed by atoms with Crippen LogP contribution in [-0.4, -0.2) is 12.4 Å². The van der Waals surface area contributed by atoms with Crippen molar-refractivity contribution in [3.8, 4) is 6.07 Å². The molecule has 0 aliphatic carbocycles. The number of aliphatic imine (C=N–C) groups is 2. The third kappa shape index (κ3) is 6.50. The van der Waals surface area contributed by atoms with Crippen molar-refractivity contribution in [2.24, 2.45) is 9.98 Å². The Balaban J connectivity index is 0.000000161. The largest absolute Gasteiger partial charge is 2.00 e. The number of nitrogens with zero attached hydrogens (tertiary/aromatic N) is 6. The molecule has 6 nitrogen and oxygen atoms in total. The van der Waals surface area contributed by atoms with Crippen molar-refractivity contribution < 1.29 is 20.4 Å². The molecule has 0 atom stereocenters. The van der Waals surface area contributed by atoms with Crippen molar-refractivity contribution in [1.82, 2.24) is 9.97 Å². The van der Waals surface area contributed by atoms with Gasteiger partial charge in [-0.25, -0.2) is 4.85 Å². The van der Waals surface area contributed by atoms with E-state index < -0.39 is 0 Å². The van der Waals surface area contributed by atoms with Crippen LogP contribution in [0.1, 0.15) is 22.5 Å². The van der Waals surface area contributed by atoms with E-state index in [0.29, 0.717) is 11.3 Å². The Labute approximate surface area is 286 Å². The maximum atomic E-state index is 9.06. The molecule has 7 heteroatoms. The van der Waals surface area contributed by atoms with Gasteiger partial charge in [0.1, 0.15) is 6.07 Å². The van der Waals surface area contributed by atoms with Gasteiger partial charge in [0.05, 0.1) is 23.5 Å². The first-order valence-electron chi connectivity index (χ1n) is 14.6. The fourth-order valence-electron chi connectivity index (χ4n) is 5.55. The van der Waals surface area contributed by atoms with Crippen molar-refractivity contribution in [2.75, 3.05) is 0 Å². The Hall–Kier alpha value is -6.10. The molecule has 8 rings (SSSR count). The normalized spacial score (nSPS) is 15.0. The molecule has 0 fully saturated rings. The van der Waals surface area contributed by atoms with E-state index in [0.717, 1.165) is 45.1 Å². The molecule has 0 amide bonds. The molecule has 6 aromatic rings. The smallest absolute Gasteiger partial charge is 0.674 e. The summed E-state index contributed by atoms with van der Waals surface area (Å²) in [6.07, 6.45) is 12.4. The standard InChI is InChI=1S/2C20H12N3.Pd/c1-21-17-12-19(23-13-17)20(18-7-4-10-22-18)16-9-8-14-5-2-3-6-15(14)11-16;21-12-14-10-19(23-13-14)20(18-6-3-9-22-18)17-8-7-15-4-1-2-5-16(15)11-17;/h2-13H;1-11,13H;/q2*-1;+2/b20-18-;20-19-;. The number of aromatic nitrogens is 2. The molecule has 0 unspecified atom stereocenters. The first-order chi connectivity index (χ1) is 22.7. The quantitative estimate of drug-likeness (QED) is 0.137. The molecule has 2 aliphatic rings. The zero-order valence-corrected chi connectivity index (χ0v) is 26.4. The summed E-state index contributed by atoms with van der Waals surface area (Å²) in [4.78, 5) is 21.1. The van der Waals surface area contributed by atoms with Crippen LogP contribution < -0.4 is 9.97 Å². The second-order valence-electron chi connectivity index (χ2n) is 10.6. The van der Waals surface area contributed by atoms with Gasteiger partial charge >= 0.3 is 20.4 Å². The van der Waals surface area contributed by atoms with Crippen molar-refractivity contribution in [1.29, 1.82) is 5.26 Å². The summed E-state index contributed by atoms with van der Waals surface area (Å²) in [5.74, 6) is 0. The molecule has 2 aromatic heterocycles. The molecule has 0 saturated heterocycles. The van der Waals surface area contributed by atoms with Crippen molar-refractivity contribution in [2.45, 2.75) is 0 Å². The summed E-state index contributed by atoms with van der Waals surface area (Å²) in [5.41, 5.74) is 8.40. The van der Waals surface area contributed by atoms with Gasteiger partial charge in [-0.05, 0) is 74.2 Å². The number of fused-ring (bicyclic) bond motifs is 2. The van der Waals surface area contributed by atoms with Gasteiger partial charge in [0, 0.05) is 12.4 Å². The molecule has 224 valence electrons. The third-order valence-electron chi connectivity index (χ3n) is 7.72. The summed E-state index contributed by atoms with van der Waals surface area (Å²) in [7, 11) is 0. The SMILES string of the molecule is N#CC1=C/C(=C(\c2ccc3ccccc3c2)c2ccc[n-]2)N=C1.[C-]#[N+]c1c[n-]c(/C(=C2/C=CC=N2)c2ccc3ccccc3c2)c1.[Pd+2]. The van der Waals surface area contributed by atoms with E-state index in [2.05, 4.69) is 91.5 Å². The molecular weight excluding hydrogens is 671 g/mol. The van der Waals surface area contributed by atoms with Gasteiger partial charge in [0.2, 0.25) is 0 Å². The van der Waals surface area contributed by atoms with Crippen LogP contribution >= 0.6 is 0 Å². The van der Waals surface area contributed by atoms with E-state index in [9.17, 15) is 0 Å². The van der Waals surface area contributed by atoms with Crippen molar-refractivity contribution in [3.63, 3.8) is 0 Å². The first kappa shape index (κ1) is 30.9. The molecule has 0 bridgehead atoms. The van der Waals surface area contributed by atoms with Gasteiger partial charge < -0.3 is 9.97 Å². The van der Waals surface area contributed by atoms with Gasteiger partial charge in [-0.2, -0.15) is 17.7 Å². The summed E-state index contributed by atoms with van der Waals surface area (Å²) in [6.45, 7) is 7.15. The molecule has 0 spiro atoms. The minimum atomic E-state index is 0. The van der Waals surface area contributed by atoms with Crippen LogP contribution in [0.3, 0.4) is 0 Å².